The van der Waals surface area contributed by atoms with Gasteiger partial charge in [-0.15, -0.1) is 0 Å². The number of nitrogens with zero attached hydrogens (tertiary/aromatic N) is 1. The van der Waals surface area contributed by atoms with Crippen molar-refractivity contribution in [1.29, 1.82) is 0 Å². The van der Waals surface area contributed by atoms with Gasteiger partial charge in [0.1, 0.15) is 0 Å². The Balaban J connectivity index is 1.78. The lowest BCUT2D eigenvalue weighted by atomic mass is 9.80. The van der Waals surface area contributed by atoms with E-state index in [0.717, 1.165) is 29.5 Å². The maximum Gasteiger partial charge on any atom is 0.0471 e. The van der Waals surface area contributed by atoms with Gasteiger partial charge in [0, 0.05) is 24.5 Å². The molecule has 2 saturated carbocycles. The lowest BCUT2D eigenvalue weighted by Crippen LogP contribution is -2.32. The molecule has 22 heavy (non-hydrogen) atoms. The van der Waals surface area contributed by atoms with E-state index in [9.17, 15) is 0 Å². The first-order chi connectivity index (χ1) is 10.4. The van der Waals surface area contributed by atoms with Crippen molar-refractivity contribution < 1.29 is 0 Å². The fraction of sp³-hybridized carbons (Fsp3) is 0.500. The van der Waals surface area contributed by atoms with Gasteiger partial charge >= 0.3 is 0 Å². The van der Waals surface area contributed by atoms with Gasteiger partial charge in [0.15, 0.2) is 0 Å². The molecule has 5 unspecified atom stereocenters. The molecule has 4 rings (SSSR count). The van der Waals surface area contributed by atoms with E-state index in [1.54, 1.807) is 0 Å². The first kappa shape index (κ1) is 14.1. The maximum atomic E-state index is 6.51. The average molecular weight is 294 g/mol. The molecule has 2 aliphatic carbocycles. The Hall–Kier alpha value is -1.54. The number of rotatable bonds is 1. The van der Waals surface area contributed by atoms with Crippen molar-refractivity contribution >= 4 is 0 Å². The summed E-state index contributed by atoms with van der Waals surface area (Å²) in [5, 5.41) is 0. The van der Waals surface area contributed by atoms with Gasteiger partial charge in [0.05, 0.1) is 0 Å². The van der Waals surface area contributed by atoms with E-state index in [1.165, 1.54) is 35.3 Å². The second-order valence-corrected chi connectivity index (χ2v) is 7.61. The molecular weight excluding hydrogens is 268 g/mol. The molecule has 0 spiro atoms. The quantitative estimate of drug-likeness (QED) is 0.798. The van der Waals surface area contributed by atoms with Crippen molar-refractivity contribution in [1.82, 2.24) is 4.90 Å². The highest BCUT2D eigenvalue weighted by Crippen LogP contribution is 2.62. The molecule has 2 heteroatoms. The first-order valence-electron chi connectivity index (χ1n) is 8.41. The molecular formula is C20H26N2. The van der Waals surface area contributed by atoms with E-state index in [-0.39, 0.29) is 0 Å². The molecule has 0 aromatic carbocycles. The summed E-state index contributed by atoms with van der Waals surface area (Å²) in [7, 11) is 0. The van der Waals surface area contributed by atoms with Gasteiger partial charge in [-0.2, -0.15) is 0 Å². The fourth-order valence-corrected chi connectivity index (χ4v) is 5.13. The van der Waals surface area contributed by atoms with Crippen LogP contribution in [0.5, 0.6) is 0 Å². The van der Waals surface area contributed by atoms with Crippen LogP contribution in [0.1, 0.15) is 26.7 Å². The fourth-order valence-electron chi connectivity index (χ4n) is 5.13. The smallest absolute Gasteiger partial charge is 0.0471 e. The van der Waals surface area contributed by atoms with E-state index < -0.39 is 0 Å². The Kier molecular flexibility index (Phi) is 2.87. The summed E-state index contributed by atoms with van der Waals surface area (Å²) in [6.45, 7) is 18.2. The predicted molar refractivity (Wildman–Crippen MR) is 91.8 cm³/mol. The van der Waals surface area contributed by atoms with Crippen molar-refractivity contribution in [3.63, 3.8) is 0 Å². The lowest BCUT2D eigenvalue weighted by Gasteiger charge is -2.33. The van der Waals surface area contributed by atoms with Gasteiger partial charge < -0.3 is 10.6 Å². The van der Waals surface area contributed by atoms with Crippen molar-refractivity contribution in [3.8, 4) is 0 Å². The van der Waals surface area contributed by atoms with E-state index in [1.807, 2.05) is 0 Å². The predicted octanol–water partition coefficient (Wildman–Crippen LogP) is 3.76. The Bertz CT molecular complexity index is 663. The molecule has 3 fully saturated rings. The molecule has 2 N–H and O–H groups in total. The van der Waals surface area contributed by atoms with Gasteiger partial charge in [-0.25, -0.2) is 0 Å². The van der Waals surface area contributed by atoms with E-state index in [4.69, 9.17) is 5.73 Å². The zero-order chi connectivity index (χ0) is 15.8. The summed E-state index contributed by atoms with van der Waals surface area (Å²) in [4.78, 5) is 2.39. The molecule has 2 heterocycles. The Morgan fingerprint density at radius 3 is 2.68 bits per heavy atom. The highest BCUT2D eigenvalue weighted by Gasteiger charge is 2.59. The highest BCUT2D eigenvalue weighted by molar-refractivity contribution is 5.60. The Labute approximate surface area is 133 Å². The topological polar surface area (TPSA) is 29.3 Å². The minimum absolute atomic E-state index is 0.377. The number of hydrogen-bond acceptors (Lipinski definition) is 2. The molecule has 0 amide bonds. The molecule has 0 aromatic rings. The summed E-state index contributed by atoms with van der Waals surface area (Å²) in [6, 6.07) is 0.377. The van der Waals surface area contributed by atoms with Crippen molar-refractivity contribution in [3.05, 3.63) is 59.5 Å². The van der Waals surface area contributed by atoms with Crippen LogP contribution in [0.25, 0.3) is 0 Å². The van der Waals surface area contributed by atoms with Crippen molar-refractivity contribution in [2.45, 2.75) is 32.7 Å². The summed E-state index contributed by atoms with van der Waals surface area (Å²) < 4.78 is 0. The SMILES string of the molecule is C=C(C)C1=CN2CCC3C(N)C4CC4C3C(=C)C2=C(C)C1=C. The normalized spacial score (nSPS) is 39.9. The first-order valence-corrected chi connectivity index (χ1v) is 8.41. The number of allylic oxidation sites excluding steroid dienone is 5. The van der Waals surface area contributed by atoms with Crippen LogP contribution in [0.4, 0.5) is 0 Å². The molecule has 0 bridgehead atoms. The third kappa shape index (κ3) is 1.70. The summed E-state index contributed by atoms with van der Waals surface area (Å²) in [5.41, 5.74) is 13.8. The molecule has 0 radical (unpaired) electrons. The van der Waals surface area contributed by atoms with Gasteiger partial charge in [-0.05, 0) is 78.2 Å². The minimum Gasteiger partial charge on any atom is -0.347 e. The van der Waals surface area contributed by atoms with Crippen LogP contribution >= 0.6 is 0 Å². The van der Waals surface area contributed by atoms with Gasteiger partial charge in [-0.1, -0.05) is 19.7 Å². The van der Waals surface area contributed by atoms with E-state index in [0.29, 0.717) is 17.9 Å². The van der Waals surface area contributed by atoms with E-state index in [2.05, 4.69) is 44.7 Å². The van der Waals surface area contributed by atoms with Crippen molar-refractivity contribution in [2.75, 3.05) is 6.54 Å². The van der Waals surface area contributed by atoms with E-state index >= 15 is 0 Å². The number of nitrogens with two attached hydrogens (primary N) is 1. The van der Waals surface area contributed by atoms with Gasteiger partial charge in [-0.3, -0.25) is 0 Å². The van der Waals surface area contributed by atoms with Crippen LogP contribution in [-0.4, -0.2) is 17.5 Å². The molecule has 2 nitrogen and oxygen atoms in total. The third-order valence-corrected chi connectivity index (χ3v) is 6.38. The largest absolute Gasteiger partial charge is 0.347 e. The van der Waals surface area contributed by atoms with Crippen LogP contribution < -0.4 is 5.73 Å². The van der Waals surface area contributed by atoms with Crippen LogP contribution in [0.15, 0.2) is 59.5 Å². The van der Waals surface area contributed by atoms with Crippen LogP contribution in [-0.2, 0) is 0 Å². The van der Waals surface area contributed by atoms with Gasteiger partial charge in [0.25, 0.3) is 0 Å². The second-order valence-electron chi connectivity index (χ2n) is 7.61. The van der Waals surface area contributed by atoms with Crippen molar-refractivity contribution in [2.24, 2.45) is 29.4 Å². The number of fused-ring (bicyclic) bond motifs is 4. The van der Waals surface area contributed by atoms with Crippen LogP contribution in [0.2, 0.25) is 0 Å². The Morgan fingerprint density at radius 1 is 1.27 bits per heavy atom. The zero-order valence-corrected chi connectivity index (χ0v) is 13.7. The third-order valence-electron chi connectivity index (χ3n) is 6.38. The summed E-state index contributed by atoms with van der Waals surface area (Å²) >= 11 is 0. The second kappa shape index (κ2) is 4.48. The molecule has 4 aliphatic rings. The Morgan fingerprint density at radius 2 is 2.00 bits per heavy atom. The highest BCUT2D eigenvalue weighted by atomic mass is 15.1. The zero-order valence-electron chi connectivity index (χ0n) is 13.7. The standard InChI is InChI=1S/C20H26N2/c1-10(2)17-9-22-7-6-14-18(15-8-16(15)19(14)21)13(5)20(22)12(4)11(17)3/h9,14-16,18-19H,1,3,5-8,21H2,2,4H3. The van der Waals surface area contributed by atoms with Gasteiger partial charge in [0.2, 0.25) is 0 Å². The molecule has 2 aliphatic heterocycles. The monoisotopic (exact) mass is 294 g/mol. The molecule has 1 saturated heterocycles. The molecule has 5 atom stereocenters. The molecule has 116 valence electrons. The lowest BCUT2D eigenvalue weighted by molar-refractivity contribution is 0.325. The van der Waals surface area contributed by atoms with Crippen LogP contribution in [0.3, 0.4) is 0 Å². The minimum atomic E-state index is 0.377. The number of hydrogen-bond donors (Lipinski definition) is 1. The summed E-state index contributed by atoms with van der Waals surface area (Å²) in [5.74, 6) is 2.74. The summed E-state index contributed by atoms with van der Waals surface area (Å²) in [6.07, 6.45) is 4.71. The maximum absolute atomic E-state index is 6.51. The van der Waals surface area contributed by atoms with Crippen LogP contribution in [0, 0.1) is 23.7 Å². The molecule has 0 aromatic heterocycles. The average Bonchev–Trinajstić information content (AvgIpc) is 3.21.